The van der Waals surface area contributed by atoms with Gasteiger partial charge in [-0.1, -0.05) is 10.4 Å². The fourth-order valence-corrected chi connectivity index (χ4v) is 0.506. The van der Waals surface area contributed by atoms with E-state index < -0.39 is 0 Å². The Balaban J connectivity index is 4.85. The molecule has 0 spiro atoms. The number of rotatable bonds is 4. The SMILES string of the molecule is N=C/C(C(=N)N=NN)=C(\N)NN=N. The molecule has 0 saturated carbocycles. The summed E-state index contributed by atoms with van der Waals surface area (Å²) in [4.78, 5) is 0. The summed E-state index contributed by atoms with van der Waals surface area (Å²) in [5, 5.41) is 22.8. The van der Waals surface area contributed by atoms with Gasteiger partial charge >= 0.3 is 0 Å². The first kappa shape index (κ1) is 10.7. The highest BCUT2D eigenvalue weighted by molar-refractivity contribution is 6.13. The number of hydrogen-bond donors (Lipinski definition) is 6. The first-order chi connectivity index (χ1) is 6.17. The number of hydrogen-bond acceptors (Lipinski definition) is 6. The number of nitrogens with one attached hydrogen (secondary N) is 4. The summed E-state index contributed by atoms with van der Waals surface area (Å²) in [6.07, 6.45) is 0.782. The molecule has 0 radical (unpaired) electrons. The molecule has 0 bridgehead atoms. The molecule has 0 rings (SSSR count). The molecular weight excluding hydrogens is 174 g/mol. The van der Waals surface area contributed by atoms with E-state index in [2.05, 4.69) is 21.0 Å². The quantitative estimate of drug-likeness (QED) is 0.115. The van der Waals surface area contributed by atoms with E-state index in [0.29, 0.717) is 0 Å². The molecule has 8 N–H and O–H groups in total. The Hall–Kier alpha value is -2.32. The van der Waals surface area contributed by atoms with Crippen LogP contribution in [0.1, 0.15) is 0 Å². The summed E-state index contributed by atoms with van der Waals surface area (Å²) >= 11 is 0. The third-order valence-corrected chi connectivity index (χ3v) is 1.02. The second-order valence-electron chi connectivity index (χ2n) is 1.76. The Bertz CT molecular complexity index is 273. The number of nitrogens with zero attached hydrogens (tertiary/aromatic N) is 3. The number of nitrogens with two attached hydrogens (primary N) is 2. The molecule has 0 aliphatic rings. The molecule has 9 heteroatoms. The Morgan fingerprint density at radius 3 is 2.46 bits per heavy atom. The molecule has 9 nitrogen and oxygen atoms in total. The maximum absolute atomic E-state index is 7.18. The summed E-state index contributed by atoms with van der Waals surface area (Å²) < 4.78 is 0. The van der Waals surface area contributed by atoms with Crippen molar-refractivity contribution in [2.24, 2.45) is 27.1 Å². The highest BCUT2D eigenvalue weighted by Crippen LogP contribution is 1.97. The molecule has 0 aliphatic carbocycles. The largest absolute Gasteiger partial charge is 0.383 e. The van der Waals surface area contributed by atoms with Crippen molar-refractivity contribution < 1.29 is 0 Å². The van der Waals surface area contributed by atoms with Crippen molar-refractivity contribution in [3.8, 4) is 0 Å². The van der Waals surface area contributed by atoms with Gasteiger partial charge in [0.15, 0.2) is 5.84 Å². The van der Waals surface area contributed by atoms with Crippen molar-refractivity contribution >= 4 is 12.1 Å². The van der Waals surface area contributed by atoms with Gasteiger partial charge in [0.25, 0.3) is 0 Å². The summed E-state index contributed by atoms with van der Waals surface area (Å²) in [6, 6.07) is 0. The third kappa shape index (κ3) is 3.05. The van der Waals surface area contributed by atoms with Gasteiger partial charge in [0.1, 0.15) is 5.82 Å². The molecule has 0 fully saturated rings. The number of amidine groups is 1. The van der Waals surface area contributed by atoms with Gasteiger partial charge in [-0.05, 0) is 0 Å². The lowest BCUT2D eigenvalue weighted by molar-refractivity contribution is 0.767. The van der Waals surface area contributed by atoms with Crippen molar-refractivity contribution in [1.82, 2.24) is 5.43 Å². The van der Waals surface area contributed by atoms with Crippen LogP contribution in [0.4, 0.5) is 0 Å². The monoisotopic (exact) mass is 183 g/mol. The van der Waals surface area contributed by atoms with Crippen molar-refractivity contribution in [3.05, 3.63) is 11.4 Å². The fraction of sp³-hybridized carbons (Fsp3) is 0. The average Bonchev–Trinajstić information content (AvgIpc) is 2.06. The molecule has 0 aromatic carbocycles. The van der Waals surface area contributed by atoms with Gasteiger partial charge in [-0.3, -0.25) is 5.41 Å². The van der Waals surface area contributed by atoms with Gasteiger partial charge in [0.2, 0.25) is 0 Å². The molecule has 0 unspecified atom stereocenters. The molecule has 0 saturated heterocycles. The van der Waals surface area contributed by atoms with Crippen LogP contribution in [0.5, 0.6) is 0 Å². The van der Waals surface area contributed by atoms with Gasteiger partial charge in [0, 0.05) is 6.21 Å². The summed E-state index contributed by atoms with van der Waals surface area (Å²) in [7, 11) is 0. The van der Waals surface area contributed by atoms with E-state index in [1.165, 1.54) is 0 Å². The molecule has 70 valence electrons. The Morgan fingerprint density at radius 1 is 1.46 bits per heavy atom. The summed E-state index contributed by atoms with van der Waals surface area (Å²) in [5.74, 6) is 4.17. The maximum atomic E-state index is 7.18. The minimum Gasteiger partial charge on any atom is -0.383 e. The van der Waals surface area contributed by atoms with Crippen LogP contribution < -0.4 is 17.0 Å². The molecule has 0 aromatic heterocycles. The maximum Gasteiger partial charge on any atom is 0.181 e. The normalized spacial score (nSPS) is 12.0. The van der Waals surface area contributed by atoms with Gasteiger partial charge < -0.3 is 17.0 Å². The smallest absolute Gasteiger partial charge is 0.181 e. The lowest BCUT2D eigenvalue weighted by Gasteiger charge is -2.02. The van der Waals surface area contributed by atoms with E-state index in [-0.39, 0.29) is 17.2 Å². The third-order valence-electron chi connectivity index (χ3n) is 1.02. The minimum atomic E-state index is -0.383. The zero-order valence-electron chi connectivity index (χ0n) is 6.57. The molecule has 13 heavy (non-hydrogen) atoms. The molecule has 0 aliphatic heterocycles. The lowest BCUT2D eigenvalue weighted by atomic mass is 10.2. The summed E-state index contributed by atoms with van der Waals surface area (Å²) in [6.45, 7) is 0. The predicted octanol–water partition coefficient (Wildman–Crippen LogP) is -0.355. The van der Waals surface area contributed by atoms with Gasteiger partial charge in [-0.2, -0.15) is 5.53 Å². The van der Waals surface area contributed by atoms with Crippen molar-refractivity contribution in [1.29, 1.82) is 16.3 Å². The Morgan fingerprint density at radius 2 is 2.08 bits per heavy atom. The van der Waals surface area contributed by atoms with E-state index in [9.17, 15) is 0 Å². The van der Waals surface area contributed by atoms with E-state index >= 15 is 0 Å². The Labute approximate surface area is 73.4 Å². The zero-order chi connectivity index (χ0) is 10.3. The second-order valence-corrected chi connectivity index (χ2v) is 1.76. The molecule has 0 atom stereocenters. The standard InChI is InChI=1S/C4H9N9/c5-1-2(3(6)10-12-8)4(7)11-13-9/h1,5H,6H2,(H2,8,10)(H3,7,9,11)/b3-2-,5-1?. The first-order valence-electron chi connectivity index (χ1n) is 3.00. The molecule has 0 amide bonds. The average molecular weight is 183 g/mol. The first-order valence-corrected chi connectivity index (χ1v) is 3.00. The van der Waals surface area contributed by atoms with Crippen molar-refractivity contribution in [3.63, 3.8) is 0 Å². The van der Waals surface area contributed by atoms with Crippen LogP contribution in [0.15, 0.2) is 27.0 Å². The summed E-state index contributed by atoms with van der Waals surface area (Å²) in [5.41, 5.74) is 13.7. The van der Waals surface area contributed by atoms with Crippen LogP contribution >= 0.6 is 0 Å². The van der Waals surface area contributed by atoms with Crippen LogP contribution in [0.3, 0.4) is 0 Å². The minimum absolute atomic E-state index is 0.0507. The molecular formula is C4H9N9. The van der Waals surface area contributed by atoms with Crippen molar-refractivity contribution in [2.45, 2.75) is 0 Å². The molecule has 0 aromatic rings. The zero-order valence-corrected chi connectivity index (χ0v) is 6.57. The highest BCUT2D eigenvalue weighted by atomic mass is 15.4. The fourth-order valence-electron chi connectivity index (χ4n) is 0.506. The van der Waals surface area contributed by atoms with E-state index in [1.54, 1.807) is 0 Å². The van der Waals surface area contributed by atoms with Gasteiger partial charge in [-0.15, -0.1) is 5.11 Å². The van der Waals surface area contributed by atoms with E-state index in [4.69, 9.17) is 27.9 Å². The van der Waals surface area contributed by atoms with E-state index in [0.717, 1.165) is 6.21 Å². The van der Waals surface area contributed by atoms with Gasteiger partial charge in [-0.25, -0.2) is 5.43 Å². The second kappa shape index (κ2) is 5.35. The highest BCUT2D eigenvalue weighted by Gasteiger charge is 2.06. The van der Waals surface area contributed by atoms with Crippen LogP contribution in [-0.4, -0.2) is 12.1 Å². The lowest BCUT2D eigenvalue weighted by Crippen LogP contribution is -2.20. The van der Waals surface area contributed by atoms with Gasteiger partial charge in [0.05, 0.1) is 5.57 Å². The Kier molecular flexibility index (Phi) is 4.39. The van der Waals surface area contributed by atoms with E-state index in [1.807, 2.05) is 0 Å². The molecule has 0 heterocycles. The van der Waals surface area contributed by atoms with Crippen LogP contribution in [-0.2, 0) is 0 Å². The van der Waals surface area contributed by atoms with Crippen LogP contribution in [0, 0.1) is 16.3 Å². The van der Waals surface area contributed by atoms with Crippen LogP contribution in [0.2, 0.25) is 0 Å². The topological polar surface area (TPSA) is 173 Å². The van der Waals surface area contributed by atoms with Crippen molar-refractivity contribution in [2.75, 3.05) is 0 Å². The predicted molar refractivity (Wildman–Crippen MR) is 45.1 cm³/mol. The van der Waals surface area contributed by atoms with Crippen LogP contribution in [0.25, 0.3) is 0 Å².